The molecule has 8 aromatic rings. The summed E-state index contributed by atoms with van der Waals surface area (Å²) in [7, 11) is -2.78. The topological polar surface area (TPSA) is 15.7 Å². The van der Waals surface area contributed by atoms with E-state index in [0.717, 1.165) is 24.2 Å². The standard InChI is InChI=1S/C69H71BN2OSi/c1-46-41-60-62-61(42-46)72(58-38-33-48(65(2,3)4)43-54(58)47-25-17-13-18-26-47)63-64(73-69(11,12)68(63,9)10)70(62)57-44-55-56(67(7,8)40-39-66(55,5)6)45-59(57)71(60)49-34-36-53(37-35-49)74(50-27-19-14-20-28-50,51-29-21-15-22-30-51)52-31-23-16-24-32-52/h13-38,41-45H,39-40H2,1-12H3. The van der Waals surface area contributed by atoms with E-state index in [-0.39, 0.29) is 28.4 Å². The van der Waals surface area contributed by atoms with Crippen molar-refractivity contribution in [1.82, 2.24) is 0 Å². The summed E-state index contributed by atoms with van der Waals surface area (Å²) in [6.45, 7) is 28.4. The fourth-order valence-electron chi connectivity index (χ4n) is 13.3. The number of hydrogen-bond acceptors (Lipinski definition) is 3. The summed E-state index contributed by atoms with van der Waals surface area (Å²) in [6.07, 6.45) is 2.28. The lowest BCUT2D eigenvalue weighted by atomic mass is 9.35. The summed E-state index contributed by atoms with van der Waals surface area (Å²) < 4.78 is 7.66. The van der Waals surface area contributed by atoms with Crippen molar-refractivity contribution >= 4 is 74.9 Å². The van der Waals surface area contributed by atoms with Crippen LogP contribution in [0.4, 0.5) is 28.4 Å². The average Bonchev–Trinajstić information content (AvgIpc) is 3.64. The van der Waals surface area contributed by atoms with Crippen LogP contribution in [0, 0.1) is 12.3 Å². The van der Waals surface area contributed by atoms with Gasteiger partial charge in [-0.3, -0.25) is 0 Å². The third kappa shape index (κ3) is 7.19. The zero-order valence-corrected chi connectivity index (χ0v) is 46.7. The molecule has 370 valence electrons. The Morgan fingerprint density at radius 2 is 0.986 bits per heavy atom. The van der Waals surface area contributed by atoms with Gasteiger partial charge in [0.1, 0.15) is 5.60 Å². The number of aryl methyl sites for hydroxylation is 1. The highest BCUT2D eigenvalue weighted by Crippen LogP contribution is 2.59. The fourth-order valence-corrected chi connectivity index (χ4v) is 18.0. The van der Waals surface area contributed by atoms with Crippen molar-refractivity contribution in [2.75, 3.05) is 9.80 Å². The second kappa shape index (κ2) is 16.8. The first-order valence-electron chi connectivity index (χ1n) is 27.1. The van der Waals surface area contributed by atoms with Crippen molar-refractivity contribution in [3.8, 4) is 11.1 Å². The molecule has 0 fully saturated rings. The van der Waals surface area contributed by atoms with Crippen LogP contribution in [0.2, 0.25) is 0 Å². The number of hydrogen-bond donors (Lipinski definition) is 0. The van der Waals surface area contributed by atoms with Gasteiger partial charge in [0.2, 0.25) is 0 Å². The molecule has 0 radical (unpaired) electrons. The Kier molecular flexibility index (Phi) is 11.0. The van der Waals surface area contributed by atoms with Gasteiger partial charge >= 0.3 is 0 Å². The first-order valence-corrected chi connectivity index (χ1v) is 29.1. The van der Waals surface area contributed by atoms with E-state index in [1.807, 2.05) is 0 Å². The molecular formula is C69H71BN2OSi. The zero-order chi connectivity index (χ0) is 51.7. The third-order valence-corrected chi connectivity index (χ3v) is 22.9. The van der Waals surface area contributed by atoms with Crippen molar-refractivity contribution in [3.63, 3.8) is 0 Å². The molecule has 0 saturated carbocycles. The monoisotopic (exact) mass is 983 g/mol. The van der Waals surface area contributed by atoms with Gasteiger partial charge in [0.15, 0.2) is 8.07 Å². The normalized spacial score (nSPS) is 17.8. The fraction of sp³-hybridized carbons (Fsp3) is 0.275. The van der Waals surface area contributed by atoms with Crippen LogP contribution in [-0.4, -0.2) is 20.4 Å². The van der Waals surface area contributed by atoms with Crippen molar-refractivity contribution in [3.05, 3.63) is 222 Å². The Morgan fingerprint density at radius 3 is 1.51 bits per heavy atom. The zero-order valence-electron chi connectivity index (χ0n) is 45.7. The first-order chi connectivity index (χ1) is 35.2. The highest BCUT2D eigenvalue weighted by atomic mass is 28.3. The van der Waals surface area contributed by atoms with Gasteiger partial charge in [-0.15, -0.1) is 0 Å². The van der Waals surface area contributed by atoms with Crippen LogP contribution in [0.15, 0.2) is 199 Å². The highest BCUT2D eigenvalue weighted by molar-refractivity contribution is 7.19. The molecule has 0 saturated heterocycles. The van der Waals surface area contributed by atoms with Gasteiger partial charge in [0.25, 0.3) is 6.71 Å². The molecule has 0 atom stereocenters. The van der Waals surface area contributed by atoms with Crippen molar-refractivity contribution in [1.29, 1.82) is 0 Å². The van der Waals surface area contributed by atoms with E-state index < -0.39 is 13.7 Å². The van der Waals surface area contributed by atoms with Crippen LogP contribution < -0.4 is 41.5 Å². The summed E-state index contributed by atoms with van der Waals surface area (Å²) in [4.78, 5) is 5.27. The lowest BCUT2D eigenvalue weighted by Gasteiger charge is -2.47. The van der Waals surface area contributed by atoms with Crippen molar-refractivity contribution in [2.45, 2.75) is 118 Å². The van der Waals surface area contributed by atoms with Crippen LogP contribution in [0.3, 0.4) is 0 Å². The van der Waals surface area contributed by atoms with Crippen LogP contribution in [0.25, 0.3) is 11.1 Å². The van der Waals surface area contributed by atoms with E-state index in [1.54, 1.807) is 0 Å². The smallest absolute Gasteiger partial charge is 0.296 e. The number of anilines is 5. The van der Waals surface area contributed by atoms with E-state index in [4.69, 9.17) is 4.74 Å². The largest absolute Gasteiger partial charge is 0.499 e. The highest BCUT2D eigenvalue weighted by Gasteiger charge is 2.59. The molecular weight excluding hydrogens is 912 g/mol. The predicted octanol–water partition coefficient (Wildman–Crippen LogP) is 13.8. The maximum Gasteiger partial charge on any atom is 0.296 e. The minimum atomic E-state index is -2.78. The predicted molar refractivity (Wildman–Crippen MR) is 318 cm³/mol. The first kappa shape index (κ1) is 48.1. The molecule has 0 N–H and O–H groups in total. The molecule has 74 heavy (non-hydrogen) atoms. The Morgan fingerprint density at radius 1 is 0.500 bits per heavy atom. The van der Waals surface area contributed by atoms with Crippen LogP contribution in [-0.2, 0) is 21.0 Å². The number of nitrogens with zero attached hydrogens (tertiary/aromatic N) is 2. The van der Waals surface area contributed by atoms with Gasteiger partial charge in [-0.25, -0.2) is 0 Å². The van der Waals surface area contributed by atoms with E-state index in [1.165, 1.54) is 93.5 Å². The molecule has 3 heterocycles. The van der Waals surface area contributed by atoms with Crippen LogP contribution in [0.1, 0.15) is 111 Å². The maximum atomic E-state index is 7.66. The molecule has 0 bridgehead atoms. The minimum absolute atomic E-state index is 0.00833. The minimum Gasteiger partial charge on any atom is -0.499 e. The summed E-state index contributed by atoms with van der Waals surface area (Å²) >= 11 is 0. The Balaban J connectivity index is 1.16. The molecule has 12 rings (SSSR count). The molecule has 8 aromatic carbocycles. The van der Waals surface area contributed by atoms with Crippen molar-refractivity contribution < 1.29 is 4.74 Å². The Bertz CT molecular complexity index is 3420. The summed E-state index contributed by atoms with van der Waals surface area (Å²) in [5.41, 5.74) is 18.0. The molecule has 0 aromatic heterocycles. The lowest BCUT2D eigenvalue weighted by molar-refractivity contribution is -0.000684. The summed E-state index contributed by atoms with van der Waals surface area (Å²) in [5.74, 6) is 0. The van der Waals surface area contributed by atoms with Gasteiger partial charge < -0.3 is 14.5 Å². The molecule has 1 aliphatic carbocycles. The lowest BCUT2D eigenvalue weighted by Crippen LogP contribution is -2.74. The van der Waals surface area contributed by atoms with E-state index in [9.17, 15) is 0 Å². The molecule has 3 aliphatic heterocycles. The second-order valence-corrected chi connectivity index (χ2v) is 29.0. The molecule has 0 unspecified atom stereocenters. The SMILES string of the molecule is Cc1cc2c3c(c1)N(c1ccc([Si](c4ccccc4)(c4ccccc4)c4ccccc4)cc1)c1cc4c(cc1B3C1=C(N2c2ccc(C(C)(C)C)cc2-c2ccccc2)C(C)(C)C(C)(C)O1)C(C)(C)CCC4(C)C. The van der Waals surface area contributed by atoms with E-state index in [0.29, 0.717) is 0 Å². The third-order valence-electron chi connectivity index (χ3n) is 18.2. The van der Waals surface area contributed by atoms with E-state index in [2.05, 4.69) is 281 Å². The average molecular weight is 983 g/mol. The Hall–Kier alpha value is -6.82. The van der Waals surface area contributed by atoms with E-state index >= 15 is 0 Å². The second-order valence-electron chi connectivity index (χ2n) is 25.2. The number of fused-ring (bicyclic) bond motifs is 4. The van der Waals surface area contributed by atoms with Gasteiger partial charge in [0.05, 0.1) is 17.0 Å². The number of benzene rings is 8. The molecule has 5 heteroatoms. The van der Waals surface area contributed by atoms with Gasteiger partial charge in [-0.1, -0.05) is 208 Å². The van der Waals surface area contributed by atoms with Gasteiger partial charge in [0, 0.05) is 33.7 Å². The summed E-state index contributed by atoms with van der Waals surface area (Å²) in [5, 5.41) is 5.48. The molecule has 0 amide bonds. The van der Waals surface area contributed by atoms with Gasteiger partial charge in [-0.2, -0.15) is 0 Å². The molecule has 0 spiro atoms. The maximum absolute atomic E-state index is 7.66. The number of ether oxygens (including phenoxy) is 1. The number of rotatable bonds is 7. The van der Waals surface area contributed by atoms with Crippen LogP contribution >= 0.6 is 0 Å². The molecule has 3 nitrogen and oxygen atoms in total. The van der Waals surface area contributed by atoms with Crippen LogP contribution in [0.5, 0.6) is 0 Å². The Labute approximate surface area is 443 Å². The molecule has 4 aliphatic rings. The van der Waals surface area contributed by atoms with Crippen molar-refractivity contribution in [2.24, 2.45) is 5.41 Å². The quantitative estimate of drug-likeness (QED) is 0.117. The summed E-state index contributed by atoms with van der Waals surface area (Å²) in [6, 6.07) is 72.1. The van der Waals surface area contributed by atoms with Gasteiger partial charge in [-0.05, 0) is 152 Å².